The summed E-state index contributed by atoms with van der Waals surface area (Å²) in [6, 6.07) is 4.41. The van der Waals surface area contributed by atoms with Gasteiger partial charge in [-0.3, -0.25) is 9.59 Å². The van der Waals surface area contributed by atoms with E-state index in [4.69, 9.17) is 14.2 Å². The molecule has 0 aliphatic heterocycles. The molecule has 0 bridgehead atoms. The molecule has 0 aromatic heterocycles. The number of methoxy groups -OCH3 is 2. The van der Waals surface area contributed by atoms with Gasteiger partial charge >= 0.3 is 5.97 Å². The molecular formula is C20H29NO6. The monoisotopic (exact) mass is 379 g/mol. The van der Waals surface area contributed by atoms with Gasteiger partial charge in [-0.1, -0.05) is 25.8 Å². The van der Waals surface area contributed by atoms with Gasteiger partial charge in [-0.15, -0.1) is 0 Å². The number of aliphatic carboxylic acids is 1. The number of hydrogen-bond donors (Lipinski definition) is 2. The summed E-state index contributed by atoms with van der Waals surface area (Å²) >= 11 is 0. The smallest absolute Gasteiger partial charge is 0.305 e. The van der Waals surface area contributed by atoms with E-state index in [-0.39, 0.29) is 25.0 Å². The molecule has 3 unspecified atom stereocenters. The van der Waals surface area contributed by atoms with Gasteiger partial charge < -0.3 is 24.6 Å². The minimum Gasteiger partial charge on any atom is -0.493 e. The Morgan fingerprint density at radius 2 is 1.89 bits per heavy atom. The Hall–Kier alpha value is -2.28. The van der Waals surface area contributed by atoms with Crippen molar-refractivity contribution in [3.05, 3.63) is 23.8 Å². The van der Waals surface area contributed by atoms with Crippen molar-refractivity contribution in [2.45, 2.75) is 51.2 Å². The van der Waals surface area contributed by atoms with Crippen molar-refractivity contribution in [3.8, 4) is 11.5 Å². The van der Waals surface area contributed by atoms with Crippen molar-refractivity contribution < 1.29 is 28.9 Å². The predicted octanol–water partition coefficient (Wildman–Crippen LogP) is 2.93. The summed E-state index contributed by atoms with van der Waals surface area (Å²) < 4.78 is 16.2. The number of benzene rings is 1. The highest BCUT2D eigenvalue weighted by molar-refractivity contribution is 5.79. The Labute approximate surface area is 160 Å². The lowest BCUT2D eigenvalue weighted by atomic mass is 9.88. The summed E-state index contributed by atoms with van der Waals surface area (Å²) in [6.45, 7) is 2.07. The number of ether oxygens (including phenoxy) is 3. The third-order valence-electron chi connectivity index (χ3n) is 4.99. The van der Waals surface area contributed by atoms with Crippen LogP contribution in [-0.2, 0) is 14.3 Å². The maximum absolute atomic E-state index is 12.4. The highest BCUT2D eigenvalue weighted by Crippen LogP contribution is 2.31. The van der Waals surface area contributed by atoms with Gasteiger partial charge in [0, 0.05) is 0 Å². The zero-order chi connectivity index (χ0) is 19.8. The number of hydrogen-bond acceptors (Lipinski definition) is 5. The van der Waals surface area contributed by atoms with Crippen LogP contribution in [0.1, 0.15) is 50.6 Å². The first-order chi connectivity index (χ1) is 12.9. The normalized spacial score (nSPS) is 20.6. The molecule has 1 aliphatic carbocycles. The highest BCUT2D eigenvalue weighted by atomic mass is 16.5. The van der Waals surface area contributed by atoms with E-state index < -0.39 is 12.0 Å². The van der Waals surface area contributed by atoms with E-state index in [1.807, 2.05) is 0 Å². The fourth-order valence-electron chi connectivity index (χ4n) is 3.44. The van der Waals surface area contributed by atoms with E-state index in [9.17, 15) is 14.7 Å². The molecule has 1 aliphatic rings. The standard InChI is InChI=1S/C20H29NO6/c1-13-6-4-5-7-16(13)27-12-19(22)21-15(11-20(23)24)14-8-9-17(25-2)18(10-14)26-3/h8-10,13,15-16H,4-7,11-12H2,1-3H3,(H,21,22)(H,23,24). The number of amides is 1. The van der Waals surface area contributed by atoms with Gasteiger partial charge in [0.15, 0.2) is 11.5 Å². The summed E-state index contributed by atoms with van der Waals surface area (Å²) in [5.74, 6) is 0.126. The number of carbonyl (C=O) groups is 2. The van der Waals surface area contributed by atoms with Crippen molar-refractivity contribution in [2.24, 2.45) is 5.92 Å². The number of carbonyl (C=O) groups excluding carboxylic acids is 1. The molecule has 0 radical (unpaired) electrons. The molecule has 150 valence electrons. The average Bonchev–Trinajstić information content (AvgIpc) is 2.66. The largest absolute Gasteiger partial charge is 0.493 e. The lowest BCUT2D eigenvalue weighted by molar-refractivity contribution is -0.138. The first kappa shape index (κ1) is 21.0. The second-order valence-electron chi connectivity index (χ2n) is 6.94. The van der Waals surface area contributed by atoms with E-state index in [0.717, 1.165) is 19.3 Å². The Morgan fingerprint density at radius 3 is 2.52 bits per heavy atom. The van der Waals surface area contributed by atoms with E-state index in [1.165, 1.54) is 20.6 Å². The molecule has 1 aromatic rings. The molecular weight excluding hydrogens is 350 g/mol. The van der Waals surface area contributed by atoms with Crippen LogP contribution in [-0.4, -0.2) is 43.9 Å². The molecule has 27 heavy (non-hydrogen) atoms. The summed E-state index contributed by atoms with van der Waals surface area (Å²) in [7, 11) is 3.03. The molecule has 2 rings (SSSR count). The van der Waals surface area contributed by atoms with Gasteiger partial charge in [0.05, 0.1) is 32.8 Å². The first-order valence-corrected chi connectivity index (χ1v) is 9.29. The van der Waals surface area contributed by atoms with E-state index in [2.05, 4.69) is 12.2 Å². The third-order valence-corrected chi connectivity index (χ3v) is 4.99. The molecule has 2 N–H and O–H groups in total. The maximum atomic E-state index is 12.4. The quantitative estimate of drug-likeness (QED) is 0.685. The maximum Gasteiger partial charge on any atom is 0.305 e. The fourth-order valence-corrected chi connectivity index (χ4v) is 3.44. The molecule has 0 saturated heterocycles. The van der Waals surface area contributed by atoms with E-state index in [1.54, 1.807) is 18.2 Å². The van der Waals surface area contributed by atoms with Gasteiger partial charge in [-0.2, -0.15) is 0 Å². The lowest BCUT2D eigenvalue weighted by Gasteiger charge is -2.28. The molecule has 0 spiro atoms. The van der Waals surface area contributed by atoms with Gasteiger partial charge in [0.1, 0.15) is 6.61 Å². The van der Waals surface area contributed by atoms with Crippen LogP contribution in [0, 0.1) is 5.92 Å². The lowest BCUT2D eigenvalue weighted by Crippen LogP contribution is -2.36. The Bertz CT molecular complexity index is 647. The van der Waals surface area contributed by atoms with Crippen LogP contribution >= 0.6 is 0 Å². The Kier molecular flexibility index (Phi) is 7.91. The van der Waals surface area contributed by atoms with Gasteiger partial charge in [0.25, 0.3) is 0 Å². The number of carboxylic acids is 1. The molecule has 1 saturated carbocycles. The van der Waals surface area contributed by atoms with Crippen LogP contribution < -0.4 is 14.8 Å². The summed E-state index contributed by atoms with van der Waals surface area (Å²) in [5.41, 5.74) is 0.634. The molecule has 1 amide bonds. The molecule has 1 aromatic carbocycles. The second-order valence-corrected chi connectivity index (χ2v) is 6.94. The van der Waals surface area contributed by atoms with Crippen LogP contribution in [0.3, 0.4) is 0 Å². The molecule has 1 fully saturated rings. The highest BCUT2D eigenvalue weighted by Gasteiger charge is 2.24. The molecule has 7 heteroatoms. The van der Waals surface area contributed by atoms with Crippen molar-refractivity contribution in [1.82, 2.24) is 5.32 Å². The SMILES string of the molecule is COc1ccc(C(CC(=O)O)NC(=O)COC2CCCCC2C)cc1OC. The van der Waals surface area contributed by atoms with Crippen LogP contribution in [0.4, 0.5) is 0 Å². The van der Waals surface area contributed by atoms with E-state index in [0.29, 0.717) is 23.0 Å². The number of nitrogens with one attached hydrogen (secondary N) is 1. The van der Waals surface area contributed by atoms with Gasteiger partial charge in [0.2, 0.25) is 5.91 Å². The zero-order valence-corrected chi connectivity index (χ0v) is 16.2. The van der Waals surface area contributed by atoms with Crippen molar-refractivity contribution in [3.63, 3.8) is 0 Å². The summed E-state index contributed by atoms with van der Waals surface area (Å²) in [6.07, 6.45) is 4.24. The zero-order valence-electron chi connectivity index (χ0n) is 16.2. The Morgan fingerprint density at radius 1 is 1.19 bits per heavy atom. The average molecular weight is 379 g/mol. The summed E-state index contributed by atoms with van der Waals surface area (Å²) in [5, 5.41) is 12.0. The Balaban J connectivity index is 2.03. The van der Waals surface area contributed by atoms with Crippen molar-refractivity contribution in [1.29, 1.82) is 0 Å². The number of carboxylic acid groups (broad SMARTS) is 1. The van der Waals surface area contributed by atoms with Crippen LogP contribution in [0.25, 0.3) is 0 Å². The van der Waals surface area contributed by atoms with Crippen molar-refractivity contribution >= 4 is 11.9 Å². The fraction of sp³-hybridized carbons (Fsp3) is 0.600. The number of rotatable bonds is 9. The summed E-state index contributed by atoms with van der Waals surface area (Å²) in [4.78, 5) is 23.6. The van der Waals surface area contributed by atoms with Crippen LogP contribution in [0.5, 0.6) is 11.5 Å². The third kappa shape index (κ3) is 6.13. The van der Waals surface area contributed by atoms with Crippen LogP contribution in [0.2, 0.25) is 0 Å². The minimum atomic E-state index is -1.00. The molecule has 7 nitrogen and oxygen atoms in total. The van der Waals surface area contributed by atoms with E-state index >= 15 is 0 Å². The van der Waals surface area contributed by atoms with Crippen molar-refractivity contribution in [2.75, 3.05) is 20.8 Å². The van der Waals surface area contributed by atoms with Gasteiger partial charge in [-0.05, 0) is 36.5 Å². The predicted molar refractivity (Wildman–Crippen MR) is 100 cm³/mol. The first-order valence-electron chi connectivity index (χ1n) is 9.29. The molecule has 3 atom stereocenters. The van der Waals surface area contributed by atoms with Gasteiger partial charge in [-0.25, -0.2) is 0 Å². The molecule has 0 heterocycles. The van der Waals surface area contributed by atoms with Crippen LogP contribution in [0.15, 0.2) is 18.2 Å². The topological polar surface area (TPSA) is 94.1 Å². The second kappa shape index (κ2) is 10.2. The minimum absolute atomic E-state index is 0.0710.